The molecule has 1 aromatic rings. The number of carbonyl (C=O) groups excluding carboxylic acids is 1. The highest BCUT2D eigenvalue weighted by Crippen LogP contribution is 2.23. The zero-order chi connectivity index (χ0) is 16.0. The fourth-order valence-corrected chi connectivity index (χ4v) is 1.77. The van der Waals surface area contributed by atoms with Crippen LogP contribution in [0.1, 0.15) is 32.8 Å². The van der Waals surface area contributed by atoms with E-state index in [-0.39, 0.29) is 18.4 Å². The lowest BCUT2D eigenvalue weighted by molar-refractivity contribution is -0.139. The highest BCUT2D eigenvalue weighted by Gasteiger charge is 2.19. The lowest BCUT2D eigenvalue weighted by atomic mass is 9.87. The number of rotatable bonds is 5. The van der Waals surface area contributed by atoms with E-state index < -0.39 is 18.0 Å². The summed E-state index contributed by atoms with van der Waals surface area (Å²) < 4.78 is 0. The summed E-state index contributed by atoms with van der Waals surface area (Å²) >= 11 is 0. The third-order valence-corrected chi connectivity index (χ3v) is 3.03. The van der Waals surface area contributed by atoms with Gasteiger partial charge in [-0.2, -0.15) is 0 Å². The van der Waals surface area contributed by atoms with E-state index in [2.05, 4.69) is 31.4 Å². The van der Waals surface area contributed by atoms with Gasteiger partial charge in [0.25, 0.3) is 0 Å². The van der Waals surface area contributed by atoms with Gasteiger partial charge >= 0.3 is 12.0 Å². The molecule has 116 valence electrons. The van der Waals surface area contributed by atoms with Gasteiger partial charge in [-0.25, -0.2) is 9.59 Å². The van der Waals surface area contributed by atoms with Crippen LogP contribution >= 0.6 is 0 Å². The maximum Gasteiger partial charge on any atom is 0.326 e. The molecule has 0 heterocycles. The third kappa shape index (κ3) is 5.43. The van der Waals surface area contributed by atoms with Gasteiger partial charge in [0.2, 0.25) is 0 Å². The third-order valence-electron chi connectivity index (χ3n) is 3.03. The molecule has 6 nitrogen and oxygen atoms in total. The van der Waals surface area contributed by atoms with Crippen LogP contribution in [-0.4, -0.2) is 34.9 Å². The Bertz CT molecular complexity index is 491. The Balaban J connectivity index is 2.64. The molecule has 0 saturated heterocycles. The number of aliphatic carboxylic acids is 1. The molecule has 4 N–H and O–H groups in total. The Labute approximate surface area is 124 Å². The van der Waals surface area contributed by atoms with Gasteiger partial charge in [-0.05, 0) is 23.1 Å². The van der Waals surface area contributed by atoms with Gasteiger partial charge in [0.15, 0.2) is 0 Å². The number of hydrogen-bond donors (Lipinski definition) is 4. The lowest BCUT2D eigenvalue weighted by Gasteiger charge is -2.19. The first-order valence-corrected chi connectivity index (χ1v) is 6.76. The molecule has 0 aliphatic heterocycles. The van der Waals surface area contributed by atoms with Crippen LogP contribution < -0.4 is 10.6 Å². The molecule has 1 rings (SSSR count). The number of carboxylic acids is 1. The van der Waals surface area contributed by atoms with Crippen LogP contribution in [0.25, 0.3) is 0 Å². The second-order valence-electron chi connectivity index (χ2n) is 5.83. The number of amides is 2. The van der Waals surface area contributed by atoms with Crippen LogP contribution in [0, 0.1) is 0 Å². The summed E-state index contributed by atoms with van der Waals surface area (Å²) in [5, 5.41) is 22.5. The molecule has 6 heteroatoms. The monoisotopic (exact) mass is 294 g/mol. The topological polar surface area (TPSA) is 98.7 Å². The minimum absolute atomic E-state index is 0.0241. The molecule has 0 spiro atoms. The van der Waals surface area contributed by atoms with Crippen molar-refractivity contribution in [2.75, 3.05) is 11.9 Å². The molecule has 0 aliphatic carbocycles. The smallest absolute Gasteiger partial charge is 0.326 e. The number of hydrogen-bond acceptors (Lipinski definition) is 3. The van der Waals surface area contributed by atoms with Crippen LogP contribution in [0.4, 0.5) is 10.5 Å². The van der Waals surface area contributed by atoms with Crippen LogP contribution in [0.15, 0.2) is 24.3 Å². The molecule has 0 aliphatic rings. The van der Waals surface area contributed by atoms with Crippen LogP contribution in [-0.2, 0) is 10.2 Å². The van der Waals surface area contributed by atoms with Crippen molar-refractivity contribution in [1.82, 2.24) is 5.32 Å². The standard InChI is InChI=1S/C15H22N2O4/c1-15(2,3)10-4-6-11(7-5-10)16-14(21)17-12(8-9-18)13(19)20/h4-7,12,18H,8-9H2,1-3H3,(H,19,20)(H2,16,17,21). The first-order valence-electron chi connectivity index (χ1n) is 6.76. The quantitative estimate of drug-likeness (QED) is 0.667. The predicted molar refractivity (Wildman–Crippen MR) is 80.4 cm³/mol. The van der Waals surface area contributed by atoms with E-state index in [1.165, 1.54) is 0 Å². The Morgan fingerprint density at radius 2 is 1.76 bits per heavy atom. The Morgan fingerprint density at radius 1 is 1.19 bits per heavy atom. The molecule has 1 unspecified atom stereocenters. The van der Waals surface area contributed by atoms with E-state index in [0.717, 1.165) is 5.56 Å². The average molecular weight is 294 g/mol. The molecule has 0 bridgehead atoms. The zero-order valence-electron chi connectivity index (χ0n) is 12.5. The fourth-order valence-electron chi connectivity index (χ4n) is 1.77. The number of anilines is 1. The molecular weight excluding hydrogens is 272 g/mol. The lowest BCUT2D eigenvalue weighted by Crippen LogP contribution is -2.43. The van der Waals surface area contributed by atoms with Crippen molar-refractivity contribution < 1.29 is 19.8 Å². The minimum atomic E-state index is -1.18. The van der Waals surface area contributed by atoms with Crippen molar-refractivity contribution in [3.63, 3.8) is 0 Å². The summed E-state index contributed by atoms with van der Waals surface area (Å²) in [6.07, 6.45) is -0.0360. The summed E-state index contributed by atoms with van der Waals surface area (Å²) in [4.78, 5) is 22.6. The van der Waals surface area contributed by atoms with Gasteiger partial charge in [-0.15, -0.1) is 0 Å². The SMILES string of the molecule is CC(C)(C)c1ccc(NC(=O)NC(CCO)C(=O)O)cc1. The number of carbonyl (C=O) groups is 2. The largest absolute Gasteiger partial charge is 0.480 e. The van der Waals surface area contributed by atoms with Gasteiger partial charge in [0, 0.05) is 18.7 Å². The number of aliphatic hydroxyl groups is 1. The second-order valence-corrected chi connectivity index (χ2v) is 5.83. The number of carboxylic acid groups (broad SMARTS) is 1. The van der Waals surface area contributed by atoms with E-state index in [1.54, 1.807) is 12.1 Å². The van der Waals surface area contributed by atoms with Crippen molar-refractivity contribution in [1.29, 1.82) is 0 Å². The normalized spacial score (nSPS) is 12.6. The van der Waals surface area contributed by atoms with E-state index in [9.17, 15) is 9.59 Å². The summed E-state index contributed by atoms with van der Waals surface area (Å²) in [7, 11) is 0. The van der Waals surface area contributed by atoms with Crippen LogP contribution in [0.3, 0.4) is 0 Å². The molecular formula is C15H22N2O4. The number of benzene rings is 1. The number of urea groups is 1. The molecule has 0 aromatic heterocycles. The number of aliphatic hydroxyl groups excluding tert-OH is 1. The van der Waals surface area contributed by atoms with E-state index in [4.69, 9.17) is 10.2 Å². The second kappa shape index (κ2) is 7.08. The molecule has 1 atom stereocenters. The van der Waals surface area contributed by atoms with E-state index in [0.29, 0.717) is 5.69 Å². The minimum Gasteiger partial charge on any atom is -0.480 e. The fraction of sp³-hybridized carbons (Fsp3) is 0.467. The average Bonchev–Trinajstić information content (AvgIpc) is 2.37. The van der Waals surface area contributed by atoms with Crippen LogP contribution in [0.5, 0.6) is 0 Å². The van der Waals surface area contributed by atoms with Crippen molar-refractivity contribution in [3.05, 3.63) is 29.8 Å². The molecule has 0 fully saturated rings. The maximum atomic E-state index is 11.7. The molecule has 1 aromatic carbocycles. The van der Waals surface area contributed by atoms with Gasteiger partial charge in [0.1, 0.15) is 6.04 Å². The summed E-state index contributed by atoms with van der Waals surface area (Å²) in [5.41, 5.74) is 1.74. The van der Waals surface area contributed by atoms with E-state index >= 15 is 0 Å². The zero-order valence-corrected chi connectivity index (χ0v) is 12.5. The molecule has 2 amide bonds. The van der Waals surface area contributed by atoms with Crippen molar-refractivity contribution in [2.45, 2.75) is 38.6 Å². The molecule has 21 heavy (non-hydrogen) atoms. The summed E-state index contributed by atoms with van der Waals surface area (Å²) in [6.45, 7) is 5.97. The molecule has 0 radical (unpaired) electrons. The maximum absolute atomic E-state index is 11.7. The highest BCUT2D eigenvalue weighted by atomic mass is 16.4. The van der Waals surface area contributed by atoms with E-state index in [1.807, 2.05) is 12.1 Å². The Hall–Kier alpha value is -2.08. The summed E-state index contributed by atoms with van der Waals surface area (Å²) in [5.74, 6) is -1.18. The van der Waals surface area contributed by atoms with Gasteiger partial charge in [0.05, 0.1) is 0 Å². The van der Waals surface area contributed by atoms with Gasteiger partial charge in [-0.3, -0.25) is 0 Å². The van der Waals surface area contributed by atoms with Crippen LogP contribution in [0.2, 0.25) is 0 Å². The molecule has 0 saturated carbocycles. The van der Waals surface area contributed by atoms with Gasteiger partial charge in [-0.1, -0.05) is 32.9 Å². The van der Waals surface area contributed by atoms with Gasteiger partial charge < -0.3 is 20.8 Å². The Kier molecular flexibility index (Phi) is 5.72. The van der Waals surface area contributed by atoms with Crippen molar-refractivity contribution >= 4 is 17.7 Å². The first-order chi connectivity index (χ1) is 9.74. The number of nitrogens with one attached hydrogen (secondary N) is 2. The highest BCUT2D eigenvalue weighted by molar-refractivity contribution is 5.92. The predicted octanol–water partition coefficient (Wildman–Crippen LogP) is 1.94. The first kappa shape index (κ1) is 17.0. The Morgan fingerprint density at radius 3 is 2.19 bits per heavy atom. The van der Waals surface area contributed by atoms with Crippen molar-refractivity contribution in [3.8, 4) is 0 Å². The van der Waals surface area contributed by atoms with Crippen molar-refractivity contribution in [2.24, 2.45) is 0 Å². The summed E-state index contributed by atoms with van der Waals surface area (Å²) in [6, 6.07) is 5.64.